The first kappa shape index (κ1) is 11.9. The fourth-order valence-corrected chi connectivity index (χ4v) is 1.62. The largest absolute Gasteiger partial charge is 0.396 e. The predicted molar refractivity (Wildman–Crippen MR) is 56.4 cm³/mol. The van der Waals surface area contributed by atoms with E-state index in [0.29, 0.717) is 12.7 Å². The third-order valence-corrected chi connectivity index (χ3v) is 2.48. The summed E-state index contributed by atoms with van der Waals surface area (Å²) < 4.78 is 5.60. The van der Waals surface area contributed by atoms with Crippen LogP contribution in [-0.2, 0) is 4.74 Å². The number of nitrogens with zero attached hydrogens (tertiary/aromatic N) is 1. The molecule has 0 bridgehead atoms. The molecule has 1 rings (SSSR count). The molecular weight excluding hydrogens is 180 g/mol. The zero-order valence-electron chi connectivity index (χ0n) is 9.04. The number of unbranched alkanes of at least 4 members (excludes halogenated alkanes) is 1. The minimum atomic E-state index is 0.296. The molecule has 4 heteroatoms. The molecular formula is C10H22N2O2. The average Bonchev–Trinajstić information content (AvgIpc) is 2.18. The Hall–Kier alpha value is -0.160. The third kappa shape index (κ3) is 4.91. The van der Waals surface area contributed by atoms with Gasteiger partial charge in [0.25, 0.3) is 0 Å². The number of ether oxygens (including phenoxy) is 1. The molecule has 1 aliphatic heterocycles. The lowest BCUT2D eigenvalue weighted by Crippen LogP contribution is -2.44. The highest BCUT2D eigenvalue weighted by molar-refractivity contribution is 4.70. The summed E-state index contributed by atoms with van der Waals surface area (Å²) in [5.41, 5.74) is 0. The summed E-state index contributed by atoms with van der Waals surface area (Å²) in [6, 6.07) is 0. The van der Waals surface area contributed by atoms with Crippen LogP contribution in [0.1, 0.15) is 12.8 Å². The van der Waals surface area contributed by atoms with Crippen molar-refractivity contribution in [3.63, 3.8) is 0 Å². The van der Waals surface area contributed by atoms with Gasteiger partial charge in [-0.2, -0.15) is 0 Å². The van der Waals surface area contributed by atoms with E-state index in [1.54, 1.807) is 0 Å². The van der Waals surface area contributed by atoms with E-state index in [1.807, 2.05) is 0 Å². The number of rotatable bonds is 6. The molecule has 1 saturated heterocycles. The lowest BCUT2D eigenvalue weighted by Gasteiger charge is -2.30. The Morgan fingerprint density at radius 3 is 3.07 bits per heavy atom. The molecule has 0 radical (unpaired) electrons. The van der Waals surface area contributed by atoms with E-state index in [4.69, 9.17) is 9.84 Å². The standard InChI is InChI=1S/C10H22N2O2/c1-12-5-7-14-10(9-12)8-11-4-2-3-6-13/h10-11,13H,2-9H2,1H3/t10-/m1/s1. The molecule has 1 aliphatic rings. The fraction of sp³-hybridized carbons (Fsp3) is 1.00. The van der Waals surface area contributed by atoms with Crippen LogP contribution in [0.4, 0.5) is 0 Å². The van der Waals surface area contributed by atoms with Gasteiger partial charge >= 0.3 is 0 Å². The molecule has 0 aromatic heterocycles. The Balaban J connectivity index is 1.95. The molecule has 1 fully saturated rings. The third-order valence-electron chi connectivity index (χ3n) is 2.48. The molecule has 84 valence electrons. The molecule has 0 saturated carbocycles. The number of hydrogen-bond donors (Lipinski definition) is 2. The highest BCUT2D eigenvalue weighted by atomic mass is 16.5. The molecule has 14 heavy (non-hydrogen) atoms. The average molecular weight is 202 g/mol. The second kappa shape index (κ2) is 7.17. The lowest BCUT2D eigenvalue weighted by molar-refractivity contribution is -0.0180. The van der Waals surface area contributed by atoms with Gasteiger partial charge in [0, 0.05) is 26.2 Å². The molecule has 0 aromatic carbocycles. The summed E-state index contributed by atoms with van der Waals surface area (Å²) in [6.45, 7) is 5.11. The second-order valence-electron chi connectivity index (χ2n) is 3.89. The van der Waals surface area contributed by atoms with Gasteiger partial charge in [-0.25, -0.2) is 0 Å². The van der Waals surface area contributed by atoms with Gasteiger partial charge in [0.05, 0.1) is 12.7 Å². The van der Waals surface area contributed by atoms with Crippen molar-refractivity contribution in [2.75, 3.05) is 46.4 Å². The Bertz CT molecular complexity index is 144. The van der Waals surface area contributed by atoms with Gasteiger partial charge in [-0.15, -0.1) is 0 Å². The first-order valence-corrected chi connectivity index (χ1v) is 5.44. The summed E-state index contributed by atoms with van der Waals surface area (Å²) >= 11 is 0. The van der Waals surface area contributed by atoms with Gasteiger partial charge in [0.1, 0.15) is 0 Å². The molecule has 0 amide bonds. The number of nitrogens with one attached hydrogen (secondary N) is 1. The summed E-state index contributed by atoms with van der Waals surface area (Å²) in [4.78, 5) is 2.30. The molecule has 0 aromatic rings. The maximum Gasteiger partial charge on any atom is 0.0826 e. The van der Waals surface area contributed by atoms with E-state index >= 15 is 0 Å². The van der Waals surface area contributed by atoms with Crippen LogP contribution >= 0.6 is 0 Å². The van der Waals surface area contributed by atoms with Crippen LogP contribution in [0.25, 0.3) is 0 Å². The molecule has 1 heterocycles. The summed E-state index contributed by atoms with van der Waals surface area (Å²) in [7, 11) is 2.13. The Kier molecular flexibility index (Phi) is 6.10. The maximum absolute atomic E-state index is 8.59. The minimum absolute atomic E-state index is 0.296. The van der Waals surface area contributed by atoms with Crippen LogP contribution in [0.2, 0.25) is 0 Å². The highest BCUT2D eigenvalue weighted by Gasteiger charge is 2.16. The Labute approximate surface area is 86.2 Å². The first-order valence-electron chi connectivity index (χ1n) is 5.44. The topological polar surface area (TPSA) is 44.7 Å². The van der Waals surface area contributed by atoms with Crippen molar-refractivity contribution in [2.45, 2.75) is 18.9 Å². The van der Waals surface area contributed by atoms with Gasteiger partial charge in [0.2, 0.25) is 0 Å². The normalized spacial score (nSPS) is 24.0. The van der Waals surface area contributed by atoms with Crippen LogP contribution in [-0.4, -0.2) is 62.6 Å². The van der Waals surface area contributed by atoms with E-state index in [9.17, 15) is 0 Å². The molecule has 0 unspecified atom stereocenters. The zero-order valence-corrected chi connectivity index (χ0v) is 9.04. The Morgan fingerprint density at radius 2 is 2.36 bits per heavy atom. The SMILES string of the molecule is CN1CCO[C@H](CNCCCCO)C1. The van der Waals surface area contributed by atoms with Gasteiger partial charge in [-0.3, -0.25) is 0 Å². The van der Waals surface area contributed by atoms with Crippen LogP contribution in [0.15, 0.2) is 0 Å². The minimum Gasteiger partial charge on any atom is -0.396 e. The van der Waals surface area contributed by atoms with Crippen molar-refractivity contribution in [3.8, 4) is 0 Å². The van der Waals surface area contributed by atoms with E-state index in [2.05, 4.69) is 17.3 Å². The lowest BCUT2D eigenvalue weighted by atomic mass is 10.2. The van der Waals surface area contributed by atoms with Crippen molar-refractivity contribution < 1.29 is 9.84 Å². The number of aliphatic hydroxyl groups excluding tert-OH is 1. The summed E-state index contributed by atoms with van der Waals surface area (Å²) in [5.74, 6) is 0. The van der Waals surface area contributed by atoms with E-state index < -0.39 is 0 Å². The first-order chi connectivity index (χ1) is 6.83. The maximum atomic E-state index is 8.59. The molecule has 1 atom stereocenters. The summed E-state index contributed by atoms with van der Waals surface area (Å²) in [5, 5.41) is 11.9. The number of aliphatic hydroxyl groups is 1. The smallest absolute Gasteiger partial charge is 0.0826 e. The number of morpholine rings is 1. The molecule has 2 N–H and O–H groups in total. The van der Waals surface area contributed by atoms with Gasteiger partial charge < -0.3 is 20.1 Å². The van der Waals surface area contributed by atoms with Gasteiger partial charge in [0.15, 0.2) is 0 Å². The predicted octanol–water partition coefficient (Wildman–Crippen LogP) is -0.321. The van der Waals surface area contributed by atoms with Gasteiger partial charge in [-0.1, -0.05) is 0 Å². The van der Waals surface area contributed by atoms with E-state index in [-0.39, 0.29) is 0 Å². The number of hydrogen-bond acceptors (Lipinski definition) is 4. The highest BCUT2D eigenvalue weighted by Crippen LogP contribution is 2.01. The van der Waals surface area contributed by atoms with E-state index in [0.717, 1.165) is 45.6 Å². The van der Waals surface area contributed by atoms with Crippen molar-refractivity contribution in [1.82, 2.24) is 10.2 Å². The molecule has 0 aliphatic carbocycles. The van der Waals surface area contributed by atoms with Crippen molar-refractivity contribution in [2.24, 2.45) is 0 Å². The Morgan fingerprint density at radius 1 is 1.50 bits per heavy atom. The molecule has 4 nitrogen and oxygen atoms in total. The number of likely N-dealkylation sites (N-methyl/N-ethyl adjacent to an activating group) is 1. The van der Waals surface area contributed by atoms with Crippen LogP contribution < -0.4 is 5.32 Å². The van der Waals surface area contributed by atoms with Crippen LogP contribution in [0.5, 0.6) is 0 Å². The summed E-state index contributed by atoms with van der Waals surface area (Å²) in [6.07, 6.45) is 2.26. The van der Waals surface area contributed by atoms with Crippen molar-refractivity contribution in [1.29, 1.82) is 0 Å². The zero-order chi connectivity index (χ0) is 10.2. The molecule has 0 spiro atoms. The van der Waals surface area contributed by atoms with Crippen LogP contribution in [0, 0.1) is 0 Å². The quantitative estimate of drug-likeness (QED) is 0.579. The van der Waals surface area contributed by atoms with Crippen molar-refractivity contribution >= 4 is 0 Å². The van der Waals surface area contributed by atoms with Crippen LogP contribution in [0.3, 0.4) is 0 Å². The fourth-order valence-electron chi connectivity index (χ4n) is 1.62. The second-order valence-corrected chi connectivity index (χ2v) is 3.89. The van der Waals surface area contributed by atoms with E-state index in [1.165, 1.54) is 0 Å². The van der Waals surface area contributed by atoms with Crippen molar-refractivity contribution in [3.05, 3.63) is 0 Å². The van der Waals surface area contributed by atoms with Gasteiger partial charge in [-0.05, 0) is 26.4 Å². The monoisotopic (exact) mass is 202 g/mol.